The van der Waals surface area contributed by atoms with Crippen molar-refractivity contribution in [3.8, 4) is 10.6 Å². The van der Waals surface area contributed by atoms with Crippen LogP contribution in [0.25, 0.3) is 10.6 Å². The molecule has 2 aromatic rings. The quantitative estimate of drug-likeness (QED) is 0.891. The summed E-state index contributed by atoms with van der Waals surface area (Å²) in [5, 5.41) is 6.22. The smallest absolute Gasteiger partial charge is 0.223 e. The third-order valence-corrected chi connectivity index (χ3v) is 5.17. The van der Waals surface area contributed by atoms with Crippen LogP contribution in [0, 0.1) is 5.92 Å². The van der Waals surface area contributed by atoms with Gasteiger partial charge in [0.25, 0.3) is 0 Å². The highest BCUT2D eigenvalue weighted by Gasteiger charge is 2.24. The predicted molar refractivity (Wildman–Crippen MR) is 90.8 cm³/mol. The molecule has 1 aliphatic rings. The van der Waals surface area contributed by atoms with Crippen molar-refractivity contribution < 1.29 is 4.79 Å². The Balaban J connectivity index is 1.60. The first-order valence-corrected chi connectivity index (χ1v) is 8.84. The first-order chi connectivity index (χ1) is 10.6. The van der Waals surface area contributed by atoms with Crippen molar-refractivity contribution in [3.63, 3.8) is 0 Å². The third-order valence-electron chi connectivity index (χ3n) is 4.26. The van der Waals surface area contributed by atoms with Crippen molar-refractivity contribution in [3.05, 3.63) is 40.9 Å². The Hall–Kier alpha value is -1.68. The van der Waals surface area contributed by atoms with E-state index in [0.717, 1.165) is 34.7 Å². The summed E-state index contributed by atoms with van der Waals surface area (Å²) in [5.74, 6) is 0.923. The molecule has 0 radical (unpaired) electrons. The second-order valence-corrected chi connectivity index (χ2v) is 7.13. The fraction of sp³-hybridized carbons (Fsp3) is 0.444. The van der Waals surface area contributed by atoms with Crippen LogP contribution in [-0.2, 0) is 11.3 Å². The highest BCUT2D eigenvalue weighted by atomic mass is 32.1. The maximum Gasteiger partial charge on any atom is 0.223 e. The van der Waals surface area contributed by atoms with Crippen LogP contribution in [0.15, 0.2) is 29.6 Å². The number of carbonyl (C=O) groups is 1. The Morgan fingerprint density at radius 2 is 2.05 bits per heavy atom. The predicted octanol–water partition coefficient (Wildman–Crippen LogP) is 4.35. The van der Waals surface area contributed by atoms with Gasteiger partial charge in [0, 0.05) is 23.4 Å². The molecule has 116 valence electrons. The normalized spacial score (nSPS) is 14.9. The molecule has 0 bridgehead atoms. The van der Waals surface area contributed by atoms with E-state index in [9.17, 15) is 4.79 Å². The van der Waals surface area contributed by atoms with Crippen LogP contribution in [0.2, 0.25) is 0 Å². The van der Waals surface area contributed by atoms with Gasteiger partial charge in [-0.25, -0.2) is 4.98 Å². The van der Waals surface area contributed by atoms with Crippen molar-refractivity contribution >= 4 is 17.2 Å². The van der Waals surface area contributed by atoms with Gasteiger partial charge in [0.15, 0.2) is 0 Å². The Bertz CT molecular complexity index is 641. The molecule has 1 aromatic carbocycles. The second-order valence-electron chi connectivity index (χ2n) is 6.27. The fourth-order valence-corrected chi connectivity index (χ4v) is 3.44. The van der Waals surface area contributed by atoms with Gasteiger partial charge in [-0.05, 0) is 24.3 Å². The number of hydrogen-bond donors (Lipinski definition) is 1. The minimum Gasteiger partial charge on any atom is -0.352 e. The zero-order chi connectivity index (χ0) is 15.5. The Labute approximate surface area is 135 Å². The topological polar surface area (TPSA) is 42.0 Å². The molecule has 1 aromatic heterocycles. The summed E-state index contributed by atoms with van der Waals surface area (Å²) in [6.45, 7) is 4.93. The zero-order valence-electron chi connectivity index (χ0n) is 13.1. The standard InChI is InChI=1S/C18H22N2OS/c1-12(2)16-11-22-18(20-16)15-8-6-13(7-9-15)10-19-17(21)14-4-3-5-14/h6-9,11-12,14H,3-5,10H2,1-2H3,(H,19,21). The van der Waals surface area contributed by atoms with E-state index in [2.05, 4.69) is 53.8 Å². The van der Waals surface area contributed by atoms with Crippen molar-refractivity contribution in [1.82, 2.24) is 10.3 Å². The first-order valence-electron chi connectivity index (χ1n) is 7.96. The molecule has 0 saturated heterocycles. The van der Waals surface area contributed by atoms with E-state index in [0.29, 0.717) is 12.5 Å². The lowest BCUT2D eigenvalue weighted by molar-refractivity contribution is -0.127. The van der Waals surface area contributed by atoms with Crippen LogP contribution in [0.1, 0.15) is 50.3 Å². The van der Waals surface area contributed by atoms with Crippen molar-refractivity contribution in [2.75, 3.05) is 0 Å². The molecule has 0 spiro atoms. The van der Waals surface area contributed by atoms with Crippen LogP contribution in [0.4, 0.5) is 0 Å². The molecule has 0 unspecified atom stereocenters. The molecular weight excluding hydrogens is 292 g/mol. The van der Waals surface area contributed by atoms with Gasteiger partial charge in [0.05, 0.1) is 5.69 Å². The lowest BCUT2D eigenvalue weighted by atomic mass is 9.85. The number of thiazole rings is 1. The molecule has 3 rings (SSSR count). The summed E-state index contributed by atoms with van der Waals surface area (Å²) < 4.78 is 0. The Kier molecular flexibility index (Phi) is 4.57. The molecule has 0 aliphatic heterocycles. The number of nitrogens with one attached hydrogen (secondary N) is 1. The summed E-state index contributed by atoms with van der Waals surface area (Å²) in [5.41, 5.74) is 3.43. The number of rotatable bonds is 5. The lowest BCUT2D eigenvalue weighted by Crippen LogP contribution is -2.33. The molecule has 1 saturated carbocycles. The van der Waals surface area contributed by atoms with E-state index in [4.69, 9.17) is 0 Å². The summed E-state index contributed by atoms with van der Waals surface area (Å²) in [4.78, 5) is 16.5. The van der Waals surface area contributed by atoms with Gasteiger partial charge in [-0.15, -0.1) is 11.3 Å². The first kappa shape index (κ1) is 15.2. The third kappa shape index (κ3) is 3.38. The number of carbonyl (C=O) groups excluding carboxylic acids is 1. The number of amides is 1. The average Bonchev–Trinajstić information content (AvgIpc) is 2.94. The molecule has 1 aliphatic carbocycles. The zero-order valence-corrected chi connectivity index (χ0v) is 14.0. The largest absolute Gasteiger partial charge is 0.352 e. The molecule has 4 heteroatoms. The molecule has 0 atom stereocenters. The average molecular weight is 314 g/mol. The number of nitrogens with zero attached hydrogens (tertiary/aromatic N) is 1. The van der Waals surface area contributed by atoms with E-state index < -0.39 is 0 Å². The van der Waals surface area contributed by atoms with Crippen molar-refractivity contribution in [2.45, 2.75) is 45.6 Å². The summed E-state index contributed by atoms with van der Waals surface area (Å²) in [6, 6.07) is 8.33. The van der Waals surface area contributed by atoms with Crippen molar-refractivity contribution in [2.24, 2.45) is 5.92 Å². The van der Waals surface area contributed by atoms with E-state index in [1.165, 1.54) is 6.42 Å². The molecule has 1 fully saturated rings. The van der Waals surface area contributed by atoms with Gasteiger partial charge in [-0.1, -0.05) is 44.5 Å². The highest BCUT2D eigenvalue weighted by molar-refractivity contribution is 7.13. The van der Waals surface area contributed by atoms with Gasteiger partial charge < -0.3 is 5.32 Å². The fourth-order valence-electron chi connectivity index (χ4n) is 2.45. The van der Waals surface area contributed by atoms with Gasteiger partial charge in [-0.2, -0.15) is 0 Å². The number of aromatic nitrogens is 1. The van der Waals surface area contributed by atoms with Crippen LogP contribution in [0.5, 0.6) is 0 Å². The second kappa shape index (κ2) is 6.61. The van der Waals surface area contributed by atoms with Gasteiger partial charge in [0.2, 0.25) is 5.91 Å². The van der Waals surface area contributed by atoms with E-state index in [1.807, 2.05) is 0 Å². The van der Waals surface area contributed by atoms with Gasteiger partial charge in [0.1, 0.15) is 5.01 Å². The molecule has 1 N–H and O–H groups in total. The van der Waals surface area contributed by atoms with Crippen LogP contribution in [-0.4, -0.2) is 10.9 Å². The monoisotopic (exact) mass is 314 g/mol. The van der Waals surface area contributed by atoms with Crippen LogP contribution in [0.3, 0.4) is 0 Å². The van der Waals surface area contributed by atoms with E-state index >= 15 is 0 Å². The molecule has 22 heavy (non-hydrogen) atoms. The molecule has 1 heterocycles. The number of hydrogen-bond acceptors (Lipinski definition) is 3. The van der Waals surface area contributed by atoms with E-state index in [-0.39, 0.29) is 11.8 Å². The Morgan fingerprint density at radius 1 is 1.32 bits per heavy atom. The summed E-state index contributed by atoms with van der Waals surface area (Å²) in [7, 11) is 0. The maximum atomic E-state index is 11.8. The minimum absolute atomic E-state index is 0.205. The van der Waals surface area contributed by atoms with Gasteiger partial charge in [-0.3, -0.25) is 4.79 Å². The summed E-state index contributed by atoms with van der Waals surface area (Å²) >= 11 is 1.69. The maximum absolute atomic E-state index is 11.8. The SMILES string of the molecule is CC(C)c1csc(-c2ccc(CNC(=O)C3CCC3)cc2)n1. The van der Waals surface area contributed by atoms with E-state index in [1.54, 1.807) is 11.3 Å². The van der Waals surface area contributed by atoms with Crippen molar-refractivity contribution in [1.29, 1.82) is 0 Å². The number of benzene rings is 1. The lowest BCUT2D eigenvalue weighted by Gasteiger charge is -2.24. The van der Waals surface area contributed by atoms with Crippen LogP contribution >= 0.6 is 11.3 Å². The molecule has 1 amide bonds. The summed E-state index contributed by atoms with van der Waals surface area (Å²) in [6.07, 6.45) is 3.29. The van der Waals surface area contributed by atoms with Crippen LogP contribution < -0.4 is 5.32 Å². The van der Waals surface area contributed by atoms with Gasteiger partial charge >= 0.3 is 0 Å². The minimum atomic E-state index is 0.205. The molecular formula is C18H22N2OS. The molecule has 3 nitrogen and oxygen atoms in total. The highest BCUT2D eigenvalue weighted by Crippen LogP contribution is 2.28. The Morgan fingerprint density at radius 3 is 2.59 bits per heavy atom.